The highest BCUT2D eigenvalue weighted by atomic mass is 16.4. The van der Waals surface area contributed by atoms with Gasteiger partial charge in [0.2, 0.25) is 0 Å². The molecule has 4 nitrogen and oxygen atoms in total. The molecule has 1 aromatic heterocycles. The van der Waals surface area contributed by atoms with Crippen LogP contribution >= 0.6 is 0 Å². The first-order chi connectivity index (χ1) is 7.88. The van der Waals surface area contributed by atoms with E-state index in [0.29, 0.717) is 5.92 Å². The summed E-state index contributed by atoms with van der Waals surface area (Å²) in [6, 6.07) is 3.77. The van der Waals surface area contributed by atoms with Gasteiger partial charge in [0.25, 0.3) is 0 Å². The minimum Gasteiger partial charge on any atom is -0.465 e. The van der Waals surface area contributed by atoms with Gasteiger partial charge in [0, 0.05) is 25.1 Å². The van der Waals surface area contributed by atoms with Crippen LogP contribution in [-0.4, -0.2) is 28.9 Å². The molecular formula is C12H14N2O2. The first kappa shape index (κ1) is 9.51. The van der Waals surface area contributed by atoms with Crippen molar-refractivity contribution in [3.63, 3.8) is 0 Å². The van der Waals surface area contributed by atoms with E-state index in [-0.39, 0.29) is 0 Å². The van der Waals surface area contributed by atoms with Crippen molar-refractivity contribution in [2.45, 2.75) is 12.8 Å². The largest absolute Gasteiger partial charge is 0.465 e. The number of piperidine rings is 3. The number of allylic oxidation sites excluding steroid dienone is 1. The smallest absolute Gasteiger partial charge is 0.128 e. The molecule has 0 radical (unpaired) electrons. The number of hydrogen-bond donors (Lipinski definition) is 1. The molecule has 0 saturated carbocycles. The number of oxime groups is 1. The lowest BCUT2D eigenvalue weighted by Crippen LogP contribution is -2.46. The third-order valence-electron chi connectivity index (χ3n) is 3.41. The number of nitrogens with zero attached hydrogens (tertiary/aromatic N) is 2. The van der Waals surface area contributed by atoms with Crippen molar-refractivity contribution in [3.8, 4) is 0 Å². The second-order valence-corrected chi connectivity index (χ2v) is 4.29. The van der Waals surface area contributed by atoms with Gasteiger partial charge in [-0.2, -0.15) is 0 Å². The molecule has 0 spiro atoms. The van der Waals surface area contributed by atoms with Crippen LogP contribution in [0.5, 0.6) is 0 Å². The second kappa shape index (κ2) is 3.70. The van der Waals surface area contributed by atoms with Gasteiger partial charge in [0.1, 0.15) is 11.5 Å². The minimum atomic E-state index is 0.413. The van der Waals surface area contributed by atoms with Gasteiger partial charge < -0.3 is 14.5 Å². The summed E-state index contributed by atoms with van der Waals surface area (Å²) in [5.74, 6) is 1.22. The van der Waals surface area contributed by atoms with E-state index in [2.05, 4.69) is 10.1 Å². The van der Waals surface area contributed by atoms with E-state index in [9.17, 15) is 0 Å². The molecule has 4 rings (SSSR count). The molecule has 0 atom stereocenters. The Bertz CT molecular complexity index is 426. The van der Waals surface area contributed by atoms with Gasteiger partial charge in [0.15, 0.2) is 0 Å². The standard InChI is InChI=1S/C12H14N2O2/c15-13-12-9-3-5-14(6-4-9)11(12)8-10-2-1-7-16-10/h1-2,7-9,15H,3-6H2. The van der Waals surface area contributed by atoms with Crippen LogP contribution in [0.4, 0.5) is 0 Å². The van der Waals surface area contributed by atoms with Gasteiger partial charge in [-0.25, -0.2) is 0 Å². The lowest BCUT2D eigenvalue weighted by atomic mass is 9.84. The van der Waals surface area contributed by atoms with Crippen LogP contribution in [-0.2, 0) is 0 Å². The van der Waals surface area contributed by atoms with E-state index in [0.717, 1.165) is 43.1 Å². The molecule has 0 aromatic carbocycles. The van der Waals surface area contributed by atoms with Crippen molar-refractivity contribution in [2.75, 3.05) is 13.1 Å². The van der Waals surface area contributed by atoms with Gasteiger partial charge >= 0.3 is 0 Å². The van der Waals surface area contributed by atoms with E-state index in [1.165, 1.54) is 0 Å². The zero-order valence-corrected chi connectivity index (χ0v) is 8.97. The maximum Gasteiger partial charge on any atom is 0.128 e. The van der Waals surface area contributed by atoms with Crippen molar-refractivity contribution in [1.82, 2.24) is 4.90 Å². The fourth-order valence-corrected chi connectivity index (χ4v) is 2.57. The third-order valence-corrected chi connectivity index (χ3v) is 3.41. The number of rotatable bonds is 1. The normalized spacial score (nSPS) is 25.9. The summed E-state index contributed by atoms with van der Waals surface area (Å²) in [6.45, 7) is 2.10. The molecule has 4 heteroatoms. The lowest BCUT2D eigenvalue weighted by molar-refractivity contribution is 0.229. The van der Waals surface area contributed by atoms with E-state index >= 15 is 0 Å². The zero-order chi connectivity index (χ0) is 11.0. The van der Waals surface area contributed by atoms with E-state index < -0.39 is 0 Å². The summed E-state index contributed by atoms with van der Waals surface area (Å²) in [5, 5.41) is 12.6. The first-order valence-electron chi connectivity index (χ1n) is 5.61. The molecular weight excluding hydrogens is 204 g/mol. The third kappa shape index (κ3) is 1.41. The molecule has 2 bridgehead atoms. The quantitative estimate of drug-likeness (QED) is 0.580. The first-order valence-corrected chi connectivity index (χ1v) is 5.61. The van der Waals surface area contributed by atoms with Crippen molar-refractivity contribution in [1.29, 1.82) is 0 Å². The summed E-state index contributed by atoms with van der Waals surface area (Å²) >= 11 is 0. The van der Waals surface area contributed by atoms with Crippen LogP contribution in [0.25, 0.3) is 6.08 Å². The fourth-order valence-electron chi connectivity index (χ4n) is 2.57. The Morgan fingerprint density at radius 1 is 1.44 bits per heavy atom. The zero-order valence-electron chi connectivity index (χ0n) is 8.97. The summed E-state index contributed by atoms with van der Waals surface area (Å²) in [5.41, 5.74) is 1.83. The van der Waals surface area contributed by atoms with Crippen LogP contribution in [0.1, 0.15) is 18.6 Å². The minimum absolute atomic E-state index is 0.413. The Kier molecular flexibility index (Phi) is 2.20. The average Bonchev–Trinajstić information content (AvgIpc) is 2.83. The molecule has 3 aliphatic heterocycles. The maximum absolute atomic E-state index is 9.10. The SMILES string of the molecule is ON=C1C(=Cc2ccco2)N2CCC1CC2. The average molecular weight is 218 g/mol. The molecule has 16 heavy (non-hydrogen) atoms. The van der Waals surface area contributed by atoms with Crippen molar-refractivity contribution < 1.29 is 9.62 Å². The molecule has 0 amide bonds. The van der Waals surface area contributed by atoms with Gasteiger partial charge in [-0.3, -0.25) is 0 Å². The van der Waals surface area contributed by atoms with Crippen molar-refractivity contribution in [3.05, 3.63) is 29.9 Å². The summed E-state index contributed by atoms with van der Waals surface area (Å²) in [7, 11) is 0. The lowest BCUT2D eigenvalue weighted by Gasteiger charge is -2.42. The Morgan fingerprint density at radius 3 is 2.88 bits per heavy atom. The predicted molar refractivity (Wildman–Crippen MR) is 60.2 cm³/mol. The maximum atomic E-state index is 9.10. The summed E-state index contributed by atoms with van der Waals surface area (Å²) < 4.78 is 5.30. The van der Waals surface area contributed by atoms with Crippen LogP contribution < -0.4 is 0 Å². The highest BCUT2D eigenvalue weighted by Crippen LogP contribution is 2.33. The Labute approximate surface area is 93.8 Å². The molecule has 0 unspecified atom stereocenters. The van der Waals surface area contributed by atoms with Gasteiger partial charge in [-0.1, -0.05) is 5.16 Å². The van der Waals surface area contributed by atoms with Gasteiger partial charge in [-0.05, 0) is 25.0 Å². The van der Waals surface area contributed by atoms with Crippen LogP contribution in [0, 0.1) is 5.92 Å². The number of furan rings is 1. The Balaban J connectivity index is 1.99. The highest BCUT2D eigenvalue weighted by molar-refractivity contribution is 6.05. The van der Waals surface area contributed by atoms with E-state index in [1.807, 2.05) is 18.2 Å². The fraction of sp³-hybridized carbons (Fsp3) is 0.417. The number of hydrogen-bond acceptors (Lipinski definition) is 4. The molecule has 3 aliphatic rings. The monoisotopic (exact) mass is 218 g/mol. The summed E-state index contributed by atoms with van der Waals surface area (Å²) in [6.07, 6.45) is 5.79. The molecule has 3 saturated heterocycles. The van der Waals surface area contributed by atoms with Crippen LogP contribution in [0.15, 0.2) is 33.7 Å². The van der Waals surface area contributed by atoms with E-state index in [1.54, 1.807) is 6.26 Å². The second-order valence-electron chi connectivity index (χ2n) is 4.29. The van der Waals surface area contributed by atoms with Crippen LogP contribution in [0.2, 0.25) is 0 Å². The molecule has 3 fully saturated rings. The number of fused-ring (bicyclic) bond motifs is 3. The van der Waals surface area contributed by atoms with Crippen molar-refractivity contribution in [2.24, 2.45) is 11.1 Å². The molecule has 4 heterocycles. The Morgan fingerprint density at radius 2 is 2.25 bits per heavy atom. The molecule has 1 N–H and O–H groups in total. The summed E-state index contributed by atoms with van der Waals surface area (Å²) in [4.78, 5) is 2.26. The van der Waals surface area contributed by atoms with Gasteiger partial charge in [0.05, 0.1) is 12.0 Å². The molecule has 84 valence electrons. The van der Waals surface area contributed by atoms with Crippen molar-refractivity contribution >= 4 is 11.8 Å². The van der Waals surface area contributed by atoms with Crippen LogP contribution in [0.3, 0.4) is 0 Å². The van der Waals surface area contributed by atoms with Gasteiger partial charge in [-0.15, -0.1) is 0 Å². The molecule has 1 aromatic rings. The predicted octanol–water partition coefficient (Wildman–Crippen LogP) is 2.18. The van der Waals surface area contributed by atoms with E-state index in [4.69, 9.17) is 9.62 Å². The Hall–Kier alpha value is -1.71. The highest BCUT2D eigenvalue weighted by Gasteiger charge is 2.35. The molecule has 0 aliphatic carbocycles. The topological polar surface area (TPSA) is 49.0 Å².